The minimum Gasteiger partial charge on any atom is -0.351 e. The molecule has 0 bridgehead atoms. The van der Waals surface area contributed by atoms with E-state index < -0.39 is 10.0 Å². The molecule has 1 aliphatic heterocycles. The summed E-state index contributed by atoms with van der Waals surface area (Å²) in [6, 6.07) is 19.1. The van der Waals surface area contributed by atoms with Gasteiger partial charge in [0.15, 0.2) is 5.11 Å². The molecule has 0 spiro atoms. The lowest BCUT2D eigenvalue weighted by molar-refractivity contribution is 0.563. The summed E-state index contributed by atoms with van der Waals surface area (Å²) in [6.45, 7) is 4.99. The van der Waals surface area contributed by atoms with Gasteiger partial charge in [0, 0.05) is 47.9 Å². The van der Waals surface area contributed by atoms with Crippen LogP contribution in [0, 0.1) is 13.8 Å². The van der Waals surface area contributed by atoms with Gasteiger partial charge in [-0.25, -0.2) is 8.42 Å². The van der Waals surface area contributed by atoms with Crippen molar-refractivity contribution in [3.05, 3.63) is 107 Å². The zero-order valence-electron chi connectivity index (χ0n) is 20.8. The quantitative estimate of drug-likeness (QED) is 0.339. The fourth-order valence-electron chi connectivity index (χ4n) is 4.89. The van der Waals surface area contributed by atoms with E-state index in [0.29, 0.717) is 10.8 Å². The van der Waals surface area contributed by atoms with E-state index in [9.17, 15) is 8.42 Å². The number of aryl methyl sites for hydroxylation is 1. The van der Waals surface area contributed by atoms with Gasteiger partial charge in [0.25, 0.3) is 0 Å². The minimum absolute atomic E-state index is 0.159. The Morgan fingerprint density at radius 3 is 2.41 bits per heavy atom. The number of aromatic nitrogens is 3. The van der Waals surface area contributed by atoms with Crippen LogP contribution in [-0.2, 0) is 16.6 Å². The normalized spacial score (nSPS) is 17.6. The Balaban J connectivity index is 1.58. The van der Waals surface area contributed by atoms with Crippen molar-refractivity contribution >= 4 is 38.7 Å². The molecule has 8 nitrogen and oxygen atoms in total. The summed E-state index contributed by atoms with van der Waals surface area (Å²) < 4.78 is 28.2. The van der Waals surface area contributed by atoms with E-state index >= 15 is 0 Å². The number of rotatable bonds is 7. The van der Waals surface area contributed by atoms with Crippen LogP contribution in [0.1, 0.15) is 40.3 Å². The summed E-state index contributed by atoms with van der Waals surface area (Å²) in [4.78, 5) is 10.9. The van der Waals surface area contributed by atoms with Crippen molar-refractivity contribution in [2.75, 3.05) is 15.9 Å². The second kappa shape index (κ2) is 9.95. The average Bonchev–Trinajstić information content (AvgIpc) is 3.36. The smallest absolute Gasteiger partial charge is 0.229 e. The Morgan fingerprint density at radius 2 is 1.76 bits per heavy atom. The van der Waals surface area contributed by atoms with Gasteiger partial charge in [-0.3, -0.25) is 14.7 Å². The average molecular weight is 533 g/mol. The van der Waals surface area contributed by atoms with E-state index in [-0.39, 0.29) is 12.1 Å². The number of benzene rings is 1. The Kier molecular flexibility index (Phi) is 6.70. The third-order valence-electron chi connectivity index (χ3n) is 6.57. The molecule has 1 aliphatic rings. The fraction of sp³-hybridized carbons (Fsp3) is 0.222. The van der Waals surface area contributed by atoms with Gasteiger partial charge in [-0.05, 0) is 91.8 Å². The number of hydrogen-bond acceptors (Lipinski definition) is 5. The van der Waals surface area contributed by atoms with Gasteiger partial charge in [0.05, 0.1) is 24.0 Å². The monoisotopic (exact) mass is 532 g/mol. The van der Waals surface area contributed by atoms with Crippen molar-refractivity contribution in [3.63, 3.8) is 0 Å². The molecule has 3 aromatic heterocycles. The lowest BCUT2D eigenvalue weighted by Crippen LogP contribution is -2.29. The molecule has 0 aliphatic carbocycles. The summed E-state index contributed by atoms with van der Waals surface area (Å²) in [7, 11) is -3.37. The van der Waals surface area contributed by atoms with Crippen molar-refractivity contribution in [1.29, 1.82) is 0 Å². The van der Waals surface area contributed by atoms with Gasteiger partial charge in [-0.15, -0.1) is 0 Å². The van der Waals surface area contributed by atoms with Crippen LogP contribution in [-0.4, -0.2) is 34.3 Å². The van der Waals surface area contributed by atoms with Crippen molar-refractivity contribution in [3.8, 4) is 0 Å². The number of anilines is 2. The van der Waals surface area contributed by atoms with Gasteiger partial charge in [0.1, 0.15) is 0 Å². The van der Waals surface area contributed by atoms with Gasteiger partial charge in [-0.1, -0.05) is 6.07 Å². The van der Waals surface area contributed by atoms with E-state index in [4.69, 9.17) is 12.2 Å². The molecule has 37 heavy (non-hydrogen) atoms. The number of nitrogens with zero attached hydrogens (tertiary/aromatic N) is 4. The molecule has 4 aromatic rings. The van der Waals surface area contributed by atoms with Gasteiger partial charge in [-0.2, -0.15) is 0 Å². The number of sulfonamides is 1. The molecule has 1 saturated heterocycles. The summed E-state index contributed by atoms with van der Waals surface area (Å²) in [5, 5.41) is 4.08. The largest absolute Gasteiger partial charge is 0.351 e. The molecule has 0 saturated carbocycles. The molecule has 2 unspecified atom stereocenters. The second-order valence-electron chi connectivity index (χ2n) is 9.19. The highest BCUT2D eigenvalue weighted by atomic mass is 32.2. The molecule has 190 valence electrons. The first-order valence-electron chi connectivity index (χ1n) is 11.9. The maximum atomic E-state index is 11.7. The van der Waals surface area contributed by atoms with E-state index in [1.165, 1.54) is 5.56 Å². The summed E-state index contributed by atoms with van der Waals surface area (Å²) in [6.07, 6.45) is 6.55. The molecule has 4 heterocycles. The topological polar surface area (TPSA) is 92.2 Å². The lowest BCUT2D eigenvalue weighted by Gasteiger charge is -2.28. The third-order valence-corrected chi connectivity index (χ3v) is 7.49. The van der Waals surface area contributed by atoms with Crippen molar-refractivity contribution in [2.24, 2.45) is 0 Å². The number of pyridine rings is 2. The zero-order chi connectivity index (χ0) is 26.2. The first-order chi connectivity index (χ1) is 17.7. The van der Waals surface area contributed by atoms with Crippen LogP contribution in [0.3, 0.4) is 0 Å². The standard InChI is InChI=1S/C27H28N6O2S2/c1-18-16-23(19(2)32(18)17-20-11-14-28-15-12-20)26-25(24-6-4-5-13-29-24)30-27(36)33(26)22-9-7-21(8-10-22)31-37(3,34)35/h4-16,25-26,31H,17H2,1-3H3,(H,30,36). The van der Waals surface area contributed by atoms with Crippen molar-refractivity contribution < 1.29 is 8.42 Å². The zero-order valence-corrected chi connectivity index (χ0v) is 22.4. The van der Waals surface area contributed by atoms with E-state index in [2.05, 4.69) is 49.4 Å². The van der Waals surface area contributed by atoms with E-state index in [1.807, 2.05) is 54.9 Å². The summed E-state index contributed by atoms with van der Waals surface area (Å²) in [5.41, 5.74) is 6.87. The lowest BCUT2D eigenvalue weighted by atomic mass is 9.96. The molecule has 0 amide bonds. The Hall–Kier alpha value is -3.76. The van der Waals surface area contributed by atoms with Crippen LogP contribution < -0.4 is 14.9 Å². The SMILES string of the molecule is Cc1cc(C2C(c3ccccn3)NC(=S)N2c2ccc(NS(C)(=O)=O)cc2)c(C)n1Cc1ccncc1. The molecule has 1 fully saturated rings. The predicted octanol–water partition coefficient (Wildman–Crippen LogP) is 4.49. The minimum atomic E-state index is -3.37. The van der Waals surface area contributed by atoms with Gasteiger partial charge in [0.2, 0.25) is 10.0 Å². The molecule has 10 heteroatoms. The second-order valence-corrected chi connectivity index (χ2v) is 11.3. The first kappa shape index (κ1) is 24.9. The maximum absolute atomic E-state index is 11.7. The third kappa shape index (κ3) is 5.21. The van der Waals surface area contributed by atoms with Crippen LogP contribution in [0.4, 0.5) is 11.4 Å². The first-order valence-corrected chi connectivity index (χ1v) is 14.2. The van der Waals surface area contributed by atoms with Crippen molar-refractivity contribution in [1.82, 2.24) is 19.9 Å². The summed E-state index contributed by atoms with van der Waals surface area (Å²) in [5.74, 6) is 0. The number of thiocarbonyl (C=S) groups is 1. The molecule has 0 radical (unpaired) electrons. The molecular formula is C27H28N6O2S2. The van der Waals surface area contributed by atoms with Crippen molar-refractivity contribution in [2.45, 2.75) is 32.5 Å². The molecule has 5 rings (SSSR count). The Bertz CT molecular complexity index is 1520. The van der Waals surface area contributed by atoms with E-state index in [0.717, 1.165) is 41.1 Å². The molecule has 1 aromatic carbocycles. The number of nitrogens with one attached hydrogen (secondary N) is 2. The van der Waals surface area contributed by atoms with Crippen LogP contribution in [0.15, 0.2) is 79.3 Å². The molecule has 2 N–H and O–H groups in total. The van der Waals surface area contributed by atoms with Crippen LogP contribution in [0.25, 0.3) is 0 Å². The summed E-state index contributed by atoms with van der Waals surface area (Å²) >= 11 is 5.85. The maximum Gasteiger partial charge on any atom is 0.229 e. The fourth-order valence-corrected chi connectivity index (χ4v) is 5.80. The highest BCUT2D eigenvalue weighted by Crippen LogP contribution is 2.43. The predicted molar refractivity (Wildman–Crippen MR) is 150 cm³/mol. The number of hydrogen-bond donors (Lipinski definition) is 2. The molecule has 2 atom stereocenters. The molecular weight excluding hydrogens is 504 g/mol. The highest BCUT2D eigenvalue weighted by Gasteiger charge is 2.42. The highest BCUT2D eigenvalue weighted by molar-refractivity contribution is 7.92. The van der Waals surface area contributed by atoms with Crippen LogP contribution in [0.5, 0.6) is 0 Å². The van der Waals surface area contributed by atoms with E-state index in [1.54, 1.807) is 18.3 Å². The Morgan fingerprint density at radius 1 is 1.03 bits per heavy atom. The van der Waals surface area contributed by atoms with Crippen LogP contribution in [0.2, 0.25) is 0 Å². The Labute approximate surface area is 222 Å². The van der Waals surface area contributed by atoms with Gasteiger partial charge >= 0.3 is 0 Å². The van der Waals surface area contributed by atoms with Crippen LogP contribution >= 0.6 is 12.2 Å². The van der Waals surface area contributed by atoms with Gasteiger partial charge < -0.3 is 14.8 Å².